The molecule has 3 rings (SSSR count). The molecule has 0 aromatic heterocycles. The molecule has 3 aromatic rings. The molecule has 26 heavy (non-hydrogen) atoms. The number of benzene rings is 3. The second kappa shape index (κ2) is 7.34. The van der Waals surface area contributed by atoms with Gasteiger partial charge >= 0.3 is 5.97 Å². The van der Waals surface area contributed by atoms with Crippen molar-refractivity contribution in [2.24, 2.45) is 0 Å². The number of carbonyl (C=O) groups is 1. The van der Waals surface area contributed by atoms with Crippen molar-refractivity contribution in [2.45, 2.75) is 4.90 Å². The van der Waals surface area contributed by atoms with E-state index in [-0.39, 0.29) is 5.56 Å². The molecule has 4 nitrogen and oxygen atoms in total. The van der Waals surface area contributed by atoms with Gasteiger partial charge in [-0.15, -0.1) is 11.8 Å². The molecule has 0 bridgehead atoms. The van der Waals surface area contributed by atoms with Crippen LogP contribution in [-0.4, -0.2) is 17.3 Å². The fourth-order valence-corrected chi connectivity index (χ4v) is 3.48. The number of hydrogen-bond acceptors (Lipinski definition) is 4. The summed E-state index contributed by atoms with van der Waals surface area (Å²) in [5.41, 5.74) is 10.2. The molecule has 3 aromatic carbocycles. The van der Waals surface area contributed by atoms with Crippen LogP contribution >= 0.6 is 11.8 Å². The lowest BCUT2D eigenvalue weighted by Crippen LogP contribution is -2.02. The summed E-state index contributed by atoms with van der Waals surface area (Å²) in [5, 5.41) is 19.1. The molecule has 5 heteroatoms. The van der Waals surface area contributed by atoms with Crippen molar-refractivity contribution < 1.29 is 9.90 Å². The first-order valence-electron chi connectivity index (χ1n) is 7.86. The number of nitrogen functional groups attached to an aromatic ring is 1. The van der Waals surface area contributed by atoms with E-state index in [4.69, 9.17) is 5.73 Å². The molecular weight excluding hydrogens is 344 g/mol. The third-order valence-electron chi connectivity index (χ3n) is 4.17. The van der Waals surface area contributed by atoms with Gasteiger partial charge in [0.25, 0.3) is 0 Å². The fourth-order valence-electron chi connectivity index (χ4n) is 2.92. The zero-order valence-corrected chi connectivity index (χ0v) is 14.9. The van der Waals surface area contributed by atoms with Crippen LogP contribution in [0.25, 0.3) is 22.3 Å². The van der Waals surface area contributed by atoms with Crippen molar-refractivity contribution in [1.29, 1.82) is 5.26 Å². The third-order valence-corrected chi connectivity index (χ3v) is 4.95. The predicted molar refractivity (Wildman–Crippen MR) is 105 cm³/mol. The van der Waals surface area contributed by atoms with Crippen molar-refractivity contribution in [3.63, 3.8) is 0 Å². The summed E-state index contributed by atoms with van der Waals surface area (Å²) in [6, 6.07) is 20.4. The second-order valence-corrected chi connectivity index (χ2v) is 6.50. The van der Waals surface area contributed by atoms with Crippen LogP contribution in [-0.2, 0) is 0 Å². The first-order chi connectivity index (χ1) is 12.6. The highest BCUT2D eigenvalue weighted by atomic mass is 32.2. The minimum atomic E-state index is -1.06. The summed E-state index contributed by atoms with van der Waals surface area (Å²) in [6.45, 7) is 0. The van der Waals surface area contributed by atoms with Crippen molar-refractivity contribution >= 4 is 23.4 Å². The van der Waals surface area contributed by atoms with Gasteiger partial charge in [0.2, 0.25) is 0 Å². The SMILES string of the molecule is CSc1ccc(C(=O)O)c(-c2ccc(-c3ccccc3N)cc2)c1C#N. The van der Waals surface area contributed by atoms with Gasteiger partial charge in [-0.2, -0.15) is 5.26 Å². The van der Waals surface area contributed by atoms with Gasteiger partial charge in [0.05, 0.1) is 11.1 Å². The Kier molecular flexibility index (Phi) is 4.97. The second-order valence-electron chi connectivity index (χ2n) is 5.65. The number of carboxylic acid groups (broad SMARTS) is 1. The van der Waals surface area contributed by atoms with Gasteiger partial charge in [0, 0.05) is 21.7 Å². The van der Waals surface area contributed by atoms with Crippen molar-refractivity contribution in [2.75, 3.05) is 12.0 Å². The molecule has 0 saturated heterocycles. The van der Waals surface area contributed by atoms with Crippen LogP contribution in [0.5, 0.6) is 0 Å². The average Bonchev–Trinajstić information content (AvgIpc) is 2.67. The van der Waals surface area contributed by atoms with Gasteiger partial charge in [-0.1, -0.05) is 42.5 Å². The topological polar surface area (TPSA) is 87.1 Å². The summed E-state index contributed by atoms with van der Waals surface area (Å²) in [4.78, 5) is 12.4. The van der Waals surface area contributed by atoms with Crippen molar-refractivity contribution in [3.8, 4) is 28.3 Å². The molecule has 3 N–H and O–H groups in total. The highest BCUT2D eigenvalue weighted by molar-refractivity contribution is 7.98. The molecule has 0 atom stereocenters. The highest BCUT2D eigenvalue weighted by Crippen LogP contribution is 2.35. The van der Waals surface area contributed by atoms with Crippen LogP contribution in [0.15, 0.2) is 65.6 Å². The first kappa shape index (κ1) is 17.6. The van der Waals surface area contributed by atoms with E-state index in [9.17, 15) is 15.2 Å². The largest absolute Gasteiger partial charge is 0.478 e. The Morgan fingerprint density at radius 2 is 1.69 bits per heavy atom. The predicted octanol–water partition coefficient (Wildman–Crippen LogP) is 4.89. The van der Waals surface area contributed by atoms with E-state index < -0.39 is 5.97 Å². The van der Waals surface area contributed by atoms with Gasteiger partial charge in [-0.05, 0) is 35.6 Å². The smallest absolute Gasteiger partial charge is 0.336 e. The quantitative estimate of drug-likeness (QED) is 0.511. The Morgan fingerprint density at radius 3 is 2.27 bits per heavy atom. The van der Waals surface area contributed by atoms with Crippen LogP contribution in [0.1, 0.15) is 15.9 Å². The molecule has 0 fully saturated rings. The Bertz CT molecular complexity index is 1020. The lowest BCUT2D eigenvalue weighted by atomic mass is 9.93. The number of aromatic carboxylic acids is 1. The summed E-state index contributed by atoms with van der Waals surface area (Å²) < 4.78 is 0. The molecule has 0 unspecified atom stereocenters. The molecule has 0 aliphatic carbocycles. The molecule has 0 aliphatic rings. The number of para-hydroxylation sites is 1. The molecule has 0 saturated carbocycles. The summed E-state index contributed by atoms with van der Waals surface area (Å²) >= 11 is 1.42. The van der Waals surface area contributed by atoms with E-state index in [2.05, 4.69) is 6.07 Å². The Balaban J connectivity index is 2.17. The van der Waals surface area contributed by atoms with Gasteiger partial charge in [0.15, 0.2) is 0 Å². The Hall–Kier alpha value is -3.23. The number of thioether (sulfide) groups is 1. The standard InChI is InChI=1S/C21H16N2O2S/c1-26-19-11-10-16(21(24)25)20(17(19)12-22)14-8-6-13(7-9-14)15-4-2-3-5-18(15)23/h2-11H,23H2,1H3,(H,24,25). The molecule has 128 valence electrons. The van der Waals surface area contributed by atoms with Crippen LogP contribution in [0.4, 0.5) is 5.69 Å². The maximum Gasteiger partial charge on any atom is 0.336 e. The monoisotopic (exact) mass is 360 g/mol. The number of anilines is 1. The maximum absolute atomic E-state index is 11.7. The zero-order valence-electron chi connectivity index (χ0n) is 14.1. The van der Waals surface area contributed by atoms with Crippen LogP contribution < -0.4 is 5.73 Å². The Labute approximate surface area is 155 Å². The van der Waals surface area contributed by atoms with Crippen molar-refractivity contribution in [1.82, 2.24) is 0 Å². The summed E-state index contributed by atoms with van der Waals surface area (Å²) in [6.07, 6.45) is 1.86. The fraction of sp³-hybridized carbons (Fsp3) is 0.0476. The van der Waals surface area contributed by atoms with Crippen LogP contribution in [0.2, 0.25) is 0 Å². The van der Waals surface area contributed by atoms with E-state index in [0.717, 1.165) is 16.0 Å². The van der Waals surface area contributed by atoms with Gasteiger partial charge < -0.3 is 10.8 Å². The number of hydrogen-bond donors (Lipinski definition) is 2. The van der Waals surface area contributed by atoms with E-state index in [1.54, 1.807) is 12.1 Å². The van der Waals surface area contributed by atoms with Gasteiger partial charge in [-0.25, -0.2) is 4.79 Å². The summed E-state index contributed by atoms with van der Waals surface area (Å²) in [5.74, 6) is -1.06. The average molecular weight is 360 g/mol. The maximum atomic E-state index is 11.7. The number of nitriles is 1. The molecular formula is C21H16N2O2S. The van der Waals surface area contributed by atoms with E-state index in [1.165, 1.54) is 11.8 Å². The van der Waals surface area contributed by atoms with Crippen molar-refractivity contribution in [3.05, 3.63) is 71.8 Å². The number of nitrogens with two attached hydrogens (primary N) is 1. The minimum Gasteiger partial charge on any atom is -0.478 e. The lowest BCUT2D eigenvalue weighted by Gasteiger charge is -2.13. The zero-order chi connectivity index (χ0) is 18.7. The highest BCUT2D eigenvalue weighted by Gasteiger charge is 2.19. The number of nitrogens with zero attached hydrogens (tertiary/aromatic N) is 1. The molecule has 0 heterocycles. The minimum absolute atomic E-state index is 0.117. The molecule has 0 radical (unpaired) electrons. The van der Waals surface area contributed by atoms with Crippen LogP contribution in [0, 0.1) is 11.3 Å². The molecule has 0 aliphatic heterocycles. The third kappa shape index (κ3) is 3.15. The molecule has 0 amide bonds. The van der Waals surface area contributed by atoms with Gasteiger partial charge in [0.1, 0.15) is 6.07 Å². The normalized spacial score (nSPS) is 10.3. The van der Waals surface area contributed by atoms with Gasteiger partial charge in [-0.3, -0.25) is 0 Å². The lowest BCUT2D eigenvalue weighted by molar-refractivity contribution is 0.0697. The first-order valence-corrected chi connectivity index (χ1v) is 9.09. The summed E-state index contributed by atoms with van der Waals surface area (Å²) in [7, 11) is 0. The van der Waals surface area contributed by atoms with E-state index >= 15 is 0 Å². The number of rotatable bonds is 4. The van der Waals surface area contributed by atoms with E-state index in [0.29, 0.717) is 22.4 Å². The van der Waals surface area contributed by atoms with Crippen LogP contribution in [0.3, 0.4) is 0 Å². The van der Waals surface area contributed by atoms with E-state index in [1.807, 2.05) is 54.8 Å². The Morgan fingerprint density at radius 1 is 1.04 bits per heavy atom. The number of carboxylic acids is 1. The molecule has 0 spiro atoms.